The predicted octanol–water partition coefficient (Wildman–Crippen LogP) is 0.934. The molecule has 0 spiro atoms. The minimum absolute atomic E-state index is 0.0289. The number of carbonyl (C=O) groups is 7. The van der Waals surface area contributed by atoms with Gasteiger partial charge in [-0.05, 0) is 63.1 Å². The Labute approximate surface area is 325 Å². The van der Waals surface area contributed by atoms with Gasteiger partial charge in [0, 0.05) is 38.2 Å². The van der Waals surface area contributed by atoms with Gasteiger partial charge < -0.3 is 45.8 Å². The molecule has 56 heavy (non-hydrogen) atoms. The van der Waals surface area contributed by atoms with Crippen LogP contribution in [0.25, 0.3) is 0 Å². The van der Waals surface area contributed by atoms with Crippen molar-refractivity contribution in [2.75, 3.05) is 25.0 Å². The number of piperidine rings is 1. The maximum atomic E-state index is 14.7. The zero-order chi connectivity index (χ0) is 40.1. The SMILES string of the molecule is C[C@@H]1C[C@H]2C(=O)O[C@@H](C)[C@H](NC(=O)[C@H](Cc3ccccc3)NC(=O)Nc3ccccc3)C(=O)N3C[C@H](O)C[C@H]3C(=O)N3CCCC[C@H]3C(=O)N[C@@H](C)C(=O)N2C1. The number of benzene rings is 2. The number of para-hydroxylation sites is 1. The summed E-state index contributed by atoms with van der Waals surface area (Å²) < 4.78 is 5.91. The lowest BCUT2D eigenvalue weighted by Crippen LogP contribution is -2.63. The number of carbonyl (C=O) groups excluding carboxylic acids is 7. The molecule has 0 unspecified atom stereocenters. The molecule has 5 N–H and O–H groups in total. The van der Waals surface area contributed by atoms with Crippen molar-refractivity contribution in [2.24, 2.45) is 5.92 Å². The van der Waals surface area contributed by atoms with Crippen LogP contribution in [0.15, 0.2) is 60.7 Å². The number of urea groups is 1. The number of ether oxygens (including phenoxy) is 1. The molecule has 16 heteroatoms. The van der Waals surface area contributed by atoms with E-state index >= 15 is 0 Å². The van der Waals surface area contributed by atoms with Gasteiger partial charge in [-0.15, -0.1) is 0 Å². The molecule has 2 aromatic rings. The summed E-state index contributed by atoms with van der Waals surface area (Å²) in [7, 11) is 0. The number of rotatable bonds is 6. The summed E-state index contributed by atoms with van der Waals surface area (Å²) in [6.07, 6.45) is -0.642. The third-order valence-electron chi connectivity index (χ3n) is 11.0. The van der Waals surface area contributed by atoms with Gasteiger partial charge in [-0.25, -0.2) is 9.59 Å². The van der Waals surface area contributed by atoms with Crippen LogP contribution >= 0.6 is 0 Å². The number of nitrogens with zero attached hydrogens (tertiary/aromatic N) is 3. The third kappa shape index (κ3) is 9.12. The highest BCUT2D eigenvalue weighted by molar-refractivity contribution is 5.99. The average molecular weight is 774 g/mol. The van der Waals surface area contributed by atoms with Crippen molar-refractivity contribution in [3.05, 3.63) is 66.2 Å². The van der Waals surface area contributed by atoms with Crippen molar-refractivity contribution >= 4 is 47.2 Å². The Bertz CT molecular complexity index is 1800. The van der Waals surface area contributed by atoms with Crippen LogP contribution in [0, 0.1) is 5.92 Å². The van der Waals surface area contributed by atoms with Gasteiger partial charge in [0.1, 0.15) is 42.4 Å². The highest BCUT2D eigenvalue weighted by atomic mass is 16.5. The zero-order valence-corrected chi connectivity index (χ0v) is 31.9. The van der Waals surface area contributed by atoms with Gasteiger partial charge in [0.05, 0.1) is 6.10 Å². The number of aliphatic hydroxyl groups is 1. The molecule has 4 fully saturated rings. The molecule has 6 rings (SSSR count). The highest BCUT2D eigenvalue weighted by Gasteiger charge is 2.49. The van der Waals surface area contributed by atoms with Crippen molar-refractivity contribution in [3.63, 3.8) is 0 Å². The van der Waals surface area contributed by atoms with Crippen LogP contribution in [0.3, 0.4) is 0 Å². The Kier molecular flexibility index (Phi) is 12.6. The second-order valence-corrected chi connectivity index (χ2v) is 15.4. The number of cyclic esters (lactones) is 1. The standard InChI is InChI=1S/C40H51N7O9/c1-23-18-32-39(54)56-25(3)33(44-34(49)29(19-26-12-6-4-7-13-26)43-40(55)42-27-14-8-5-9-15-27)38(53)47-22-28(48)20-31(47)37(52)45-17-11-10-16-30(45)35(50)41-24(2)36(51)46(32)21-23/h4-9,12-15,23-25,28-33,48H,10-11,16-22H2,1-3H3,(H,41,50)(H,44,49)(H2,42,43,55)/t23-,24+,25+,28-,29+,30+,31+,32+,33+/m1/s1. The molecule has 0 saturated carbocycles. The predicted molar refractivity (Wildman–Crippen MR) is 202 cm³/mol. The summed E-state index contributed by atoms with van der Waals surface area (Å²) in [4.78, 5) is 102. The smallest absolute Gasteiger partial charge is 0.329 e. The molecule has 4 aliphatic heterocycles. The highest BCUT2D eigenvalue weighted by Crippen LogP contribution is 2.29. The summed E-state index contributed by atoms with van der Waals surface area (Å²) >= 11 is 0. The zero-order valence-electron chi connectivity index (χ0n) is 31.9. The van der Waals surface area contributed by atoms with E-state index in [0.717, 1.165) is 0 Å². The fourth-order valence-electron chi connectivity index (χ4n) is 8.13. The lowest BCUT2D eigenvalue weighted by Gasteiger charge is -2.39. The van der Waals surface area contributed by atoms with Crippen LogP contribution in [0.4, 0.5) is 10.5 Å². The molecule has 7 amide bonds. The molecule has 2 aromatic carbocycles. The van der Waals surface area contributed by atoms with Crippen molar-refractivity contribution in [2.45, 2.75) is 108 Å². The van der Waals surface area contributed by atoms with E-state index in [2.05, 4.69) is 21.3 Å². The van der Waals surface area contributed by atoms with E-state index in [9.17, 15) is 38.7 Å². The molecule has 16 nitrogen and oxygen atoms in total. The molecule has 0 radical (unpaired) electrons. The number of hydrogen-bond acceptors (Lipinski definition) is 9. The Balaban J connectivity index is 1.34. The van der Waals surface area contributed by atoms with E-state index in [1.807, 2.05) is 13.0 Å². The van der Waals surface area contributed by atoms with Gasteiger partial charge in [0.2, 0.25) is 29.5 Å². The molecule has 0 aromatic heterocycles. The van der Waals surface area contributed by atoms with Crippen LogP contribution < -0.4 is 21.3 Å². The minimum atomic E-state index is -1.58. The Morgan fingerprint density at radius 2 is 1.50 bits per heavy atom. The molecular formula is C40H51N7O9. The normalized spacial score (nSPS) is 29.4. The van der Waals surface area contributed by atoms with Gasteiger partial charge in [0.25, 0.3) is 0 Å². The Hall–Kier alpha value is -5.51. The fraction of sp³-hybridized carbons (Fsp3) is 0.525. The van der Waals surface area contributed by atoms with Gasteiger partial charge in [0.15, 0.2) is 0 Å². The molecular weight excluding hydrogens is 722 g/mol. The summed E-state index contributed by atoms with van der Waals surface area (Å²) in [5.74, 6) is -4.03. The number of nitrogens with one attached hydrogen (secondary N) is 4. The van der Waals surface area contributed by atoms with Crippen molar-refractivity contribution in [3.8, 4) is 0 Å². The monoisotopic (exact) mass is 773 g/mol. The Morgan fingerprint density at radius 3 is 2.21 bits per heavy atom. The second kappa shape index (κ2) is 17.5. The summed E-state index contributed by atoms with van der Waals surface area (Å²) in [5.41, 5.74) is 1.19. The van der Waals surface area contributed by atoms with E-state index < -0.39 is 90.0 Å². The third-order valence-corrected chi connectivity index (χ3v) is 11.0. The van der Waals surface area contributed by atoms with Crippen molar-refractivity contribution in [1.82, 2.24) is 30.7 Å². The molecule has 4 heterocycles. The van der Waals surface area contributed by atoms with Gasteiger partial charge >= 0.3 is 12.0 Å². The van der Waals surface area contributed by atoms with E-state index in [0.29, 0.717) is 30.5 Å². The lowest BCUT2D eigenvalue weighted by molar-refractivity contribution is -0.163. The van der Waals surface area contributed by atoms with Crippen LogP contribution in [-0.4, -0.2) is 129 Å². The van der Waals surface area contributed by atoms with Crippen LogP contribution in [0.2, 0.25) is 0 Å². The molecule has 4 aliphatic rings. The first-order valence-corrected chi connectivity index (χ1v) is 19.4. The fourth-order valence-corrected chi connectivity index (χ4v) is 8.13. The van der Waals surface area contributed by atoms with E-state index in [1.54, 1.807) is 54.6 Å². The second-order valence-electron chi connectivity index (χ2n) is 15.4. The van der Waals surface area contributed by atoms with Crippen LogP contribution in [-0.2, 0) is 39.9 Å². The van der Waals surface area contributed by atoms with E-state index in [4.69, 9.17) is 4.74 Å². The lowest BCUT2D eigenvalue weighted by atomic mass is 9.98. The summed E-state index contributed by atoms with van der Waals surface area (Å²) in [6, 6.07) is 9.93. The van der Waals surface area contributed by atoms with Gasteiger partial charge in [-0.2, -0.15) is 0 Å². The molecule has 300 valence electrons. The van der Waals surface area contributed by atoms with Crippen LogP contribution in [0.1, 0.15) is 58.4 Å². The van der Waals surface area contributed by atoms with Gasteiger partial charge in [-0.3, -0.25) is 24.0 Å². The maximum absolute atomic E-state index is 14.7. The first-order valence-electron chi connectivity index (χ1n) is 19.4. The maximum Gasteiger partial charge on any atom is 0.329 e. The quantitative estimate of drug-likeness (QED) is 0.265. The molecule has 4 saturated heterocycles. The number of aliphatic hydroxyl groups excluding tert-OH is 1. The topological polar surface area (TPSA) is 207 Å². The van der Waals surface area contributed by atoms with Gasteiger partial charge in [-0.1, -0.05) is 55.5 Å². The largest absolute Gasteiger partial charge is 0.458 e. The number of hydrogen-bond donors (Lipinski definition) is 5. The van der Waals surface area contributed by atoms with E-state index in [1.165, 1.54) is 28.5 Å². The number of anilines is 1. The molecule has 9 atom stereocenters. The van der Waals surface area contributed by atoms with Crippen molar-refractivity contribution in [1.29, 1.82) is 0 Å². The molecule has 0 aliphatic carbocycles. The Morgan fingerprint density at radius 1 is 0.821 bits per heavy atom. The summed E-state index contributed by atoms with van der Waals surface area (Å²) in [6.45, 7) is 5.05. The minimum Gasteiger partial charge on any atom is -0.458 e. The van der Waals surface area contributed by atoms with Crippen LogP contribution in [0.5, 0.6) is 0 Å². The first-order chi connectivity index (χ1) is 26.8. The molecule has 0 bridgehead atoms. The number of esters is 1. The van der Waals surface area contributed by atoms with E-state index in [-0.39, 0.29) is 44.8 Å². The first kappa shape index (κ1) is 40.2. The number of fused-ring (bicyclic) bond motifs is 3. The summed E-state index contributed by atoms with van der Waals surface area (Å²) in [5, 5.41) is 21.7. The van der Waals surface area contributed by atoms with Crippen molar-refractivity contribution < 1.29 is 43.4 Å². The average Bonchev–Trinajstić information content (AvgIpc) is 3.78. The number of amides is 7.